The van der Waals surface area contributed by atoms with Crippen molar-refractivity contribution in [3.63, 3.8) is 0 Å². The second-order valence-electron chi connectivity index (χ2n) is 4.49. The second kappa shape index (κ2) is 6.73. The number of hydrogen-bond acceptors (Lipinski definition) is 2. The molecule has 0 fully saturated rings. The summed E-state index contributed by atoms with van der Waals surface area (Å²) in [4.78, 5) is 0. The van der Waals surface area contributed by atoms with Gasteiger partial charge in [-0.05, 0) is 37.1 Å². The van der Waals surface area contributed by atoms with Crippen LogP contribution in [-0.2, 0) is 6.42 Å². The fourth-order valence-electron chi connectivity index (χ4n) is 2.17. The van der Waals surface area contributed by atoms with Crippen LogP contribution >= 0.6 is 11.6 Å². The van der Waals surface area contributed by atoms with Crippen LogP contribution in [0.5, 0.6) is 5.75 Å². The fourth-order valence-corrected chi connectivity index (χ4v) is 2.48. The van der Waals surface area contributed by atoms with Crippen molar-refractivity contribution in [1.29, 1.82) is 0 Å². The van der Waals surface area contributed by atoms with Crippen LogP contribution < -0.4 is 10.5 Å². The average molecular weight is 294 g/mol. The average Bonchev–Trinajstić information content (AvgIpc) is 2.41. The lowest BCUT2D eigenvalue weighted by molar-refractivity contribution is 0.335. The minimum Gasteiger partial charge on any atom is -0.494 e. The first-order valence-corrected chi connectivity index (χ1v) is 6.91. The molecule has 2 aromatic rings. The molecule has 0 heterocycles. The van der Waals surface area contributed by atoms with E-state index in [1.54, 1.807) is 12.1 Å². The van der Waals surface area contributed by atoms with Gasteiger partial charge in [0.05, 0.1) is 6.61 Å². The van der Waals surface area contributed by atoms with Gasteiger partial charge in [0.1, 0.15) is 11.6 Å². The second-order valence-corrected chi connectivity index (χ2v) is 4.89. The number of benzene rings is 2. The molecule has 0 radical (unpaired) electrons. The Morgan fingerprint density at radius 3 is 2.65 bits per heavy atom. The molecule has 20 heavy (non-hydrogen) atoms. The molecule has 0 saturated heterocycles. The van der Waals surface area contributed by atoms with Crippen LogP contribution in [0.2, 0.25) is 5.02 Å². The Hall–Kier alpha value is -1.58. The van der Waals surface area contributed by atoms with E-state index in [0.29, 0.717) is 23.6 Å². The van der Waals surface area contributed by atoms with Crippen molar-refractivity contribution in [2.24, 2.45) is 5.73 Å². The van der Waals surface area contributed by atoms with E-state index < -0.39 is 6.04 Å². The first-order chi connectivity index (χ1) is 9.63. The van der Waals surface area contributed by atoms with Gasteiger partial charge in [0.15, 0.2) is 0 Å². The zero-order valence-electron chi connectivity index (χ0n) is 11.3. The summed E-state index contributed by atoms with van der Waals surface area (Å²) in [5.74, 6) is 0.400. The Labute approximate surface area is 123 Å². The Balaban J connectivity index is 2.26. The van der Waals surface area contributed by atoms with Gasteiger partial charge < -0.3 is 10.5 Å². The van der Waals surface area contributed by atoms with Crippen molar-refractivity contribution in [3.8, 4) is 5.75 Å². The van der Waals surface area contributed by atoms with Crippen LogP contribution in [0.4, 0.5) is 4.39 Å². The van der Waals surface area contributed by atoms with Crippen molar-refractivity contribution in [2.75, 3.05) is 6.61 Å². The highest BCUT2D eigenvalue weighted by Crippen LogP contribution is 2.29. The van der Waals surface area contributed by atoms with Gasteiger partial charge in [-0.3, -0.25) is 0 Å². The lowest BCUT2D eigenvalue weighted by Crippen LogP contribution is -2.16. The number of hydrogen-bond donors (Lipinski definition) is 1. The molecule has 0 bridgehead atoms. The van der Waals surface area contributed by atoms with Crippen molar-refractivity contribution in [3.05, 3.63) is 64.4 Å². The highest BCUT2D eigenvalue weighted by molar-refractivity contribution is 6.31. The van der Waals surface area contributed by atoms with Gasteiger partial charge in [-0.2, -0.15) is 0 Å². The smallest absolute Gasteiger partial charge is 0.129 e. The van der Waals surface area contributed by atoms with Crippen molar-refractivity contribution >= 4 is 11.6 Å². The van der Waals surface area contributed by atoms with Crippen LogP contribution in [0.15, 0.2) is 42.5 Å². The van der Waals surface area contributed by atoms with E-state index in [2.05, 4.69) is 0 Å². The minimum atomic E-state index is -0.509. The molecule has 2 rings (SSSR count). The summed E-state index contributed by atoms with van der Waals surface area (Å²) in [7, 11) is 0. The standard InChI is InChI=1S/C16H17ClFNO/c1-2-20-15-9-4-3-6-11(15)10-14(19)16-12(17)7-5-8-13(16)18/h3-9,14H,2,10,19H2,1H3. The van der Waals surface area contributed by atoms with Crippen molar-refractivity contribution in [2.45, 2.75) is 19.4 Å². The van der Waals surface area contributed by atoms with Gasteiger partial charge in [-0.15, -0.1) is 0 Å². The molecule has 2 N–H and O–H groups in total. The van der Waals surface area contributed by atoms with Crippen molar-refractivity contribution in [1.82, 2.24) is 0 Å². The molecule has 2 nitrogen and oxygen atoms in total. The monoisotopic (exact) mass is 293 g/mol. The summed E-state index contributed by atoms with van der Waals surface area (Å²) in [6.07, 6.45) is 0.469. The maximum absolute atomic E-state index is 13.9. The topological polar surface area (TPSA) is 35.2 Å². The van der Waals surface area contributed by atoms with Gasteiger partial charge in [0.25, 0.3) is 0 Å². The molecule has 1 unspecified atom stereocenters. The summed E-state index contributed by atoms with van der Waals surface area (Å²) in [5, 5.41) is 0.353. The number of ether oxygens (including phenoxy) is 1. The summed E-state index contributed by atoms with van der Waals surface area (Å²) in [6, 6.07) is 11.7. The highest BCUT2D eigenvalue weighted by Gasteiger charge is 2.17. The van der Waals surface area contributed by atoms with Gasteiger partial charge in [-0.1, -0.05) is 35.9 Å². The van der Waals surface area contributed by atoms with Crippen LogP contribution in [0.25, 0.3) is 0 Å². The first-order valence-electron chi connectivity index (χ1n) is 6.53. The first kappa shape index (κ1) is 14.8. The fraction of sp³-hybridized carbons (Fsp3) is 0.250. The summed E-state index contributed by atoms with van der Waals surface area (Å²) in [5.41, 5.74) is 7.41. The largest absolute Gasteiger partial charge is 0.494 e. The molecule has 1 atom stereocenters. The van der Waals surface area contributed by atoms with Crippen LogP contribution in [-0.4, -0.2) is 6.61 Å². The van der Waals surface area contributed by atoms with E-state index in [1.165, 1.54) is 6.07 Å². The van der Waals surface area contributed by atoms with E-state index >= 15 is 0 Å². The van der Waals surface area contributed by atoms with E-state index in [1.807, 2.05) is 31.2 Å². The van der Waals surface area contributed by atoms with Crippen LogP contribution in [0.3, 0.4) is 0 Å². The van der Waals surface area contributed by atoms with E-state index in [-0.39, 0.29) is 5.82 Å². The third kappa shape index (κ3) is 3.30. The number of rotatable bonds is 5. The van der Waals surface area contributed by atoms with Crippen molar-refractivity contribution < 1.29 is 9.13 Å². The Morgan fingerprint density at radius 1 is 1.20 bits per heavy atom. The highest BCUT2D eigenvalue weighted by atomic mass is 35.5. The molecule has 0 aliphatic rings. The molecule has 0 spiro atoms. The Kier molecular flexibility index (Phi) is 4.99. The quantitative estimate of drug-likeness (QED) is 0.900. The molecule has 0 amide bonds. The zero-order valence-corrected chi connectivity index (χ0v) is 12.0. The lowest BCUT2D eigenvalue weighted by atomic mass is 9.98. The SMILES string of the molecule is CCOc1ccccc1CC(N)c1c(F)cccc1Cl. The van der Waals surface area contributed by atoms with E-state index in [0.717, 1.165) is 11.3 Å². The third-order valence-corrected chi connectivity index (χ3v) is 3.41. The Morgan fingerprint density at radius 2 is 1.95 bits per heavy atom. The number of nitrogens with two attached hydrogens (primary N) is 1. The number of para-hydroxylation sites is 1. The molecule has 0 aliphatic heterocycles. The molecular formula is C16H17ClFNO. The van der Waals surface area contributed by atoms with Crippen LogP contribution in [0, 0.1) is 5.82 Å². The molecule has 2 aromatic carbocycles. The zero-order chi connectivity index (χ0) is 14.5. The van der Waals surface area contributed by atoms with Gasteiger partial charge >= 0.3 is 0 Å². The molecule has 4 heteroatoms. The van der Waals surface area contributed by atoms with E-state index in [4.69, 9.17) is 22.1 Å². The third-order valence-electron chi connectivity index (χ3n) is 3.08. The maximum Gasteiger partial charge on any atom is 0.129 e. The molecule has 106 valence electrons. The van der Waals surface area contributed by atoms with E-state index in [9.17, 15) is 4.39 Å². The van der Waals surface area contributed by atoms with Gasteiger partial charge in [0.2, 0.25) is 0 Å². The summed E-state index contributed by atoms with van der Waals surface area (Å²) >= 11 is 6.04. The Bertz CT molecular complexity index is 568. The molecule has 0 aromatic heterocycles. The number of halogens is 2. The summed E-state index contributed by atoms with van der Waals surface area (Å²) < 4.78 is 19.4. The molecule has 0 aliphatic carbocycles. The predicted molar refractivity (Wildman–Crippen MR) is 79.7 cm³/mol. The van der Waals surface area contributed by atoms with Gasteiger partial charge in [-0.25, -0.2) is 4.39 Å². The molecular weight excluding hydrogens is 277 g/mol. The van der Waals surface area contributed by atoms with Gasteiger partial charge in [0, 0.05) is 16.6 Å². The normalized spacial score (nSPS) is 12.2. The lowest BCUT2D eigenvalue weighted by Gasteiger charge is -2.17. The maximum atomic E-state index is 13.9. The van der Waals surface area contributed by atoms with Crippen LogP contribution in [0.1, 0.15) is 24.1 Å². The minimum absolute atomic E-state index is 0.348. The predicted octanol–water partition coefficient (Wildman–Crippen LogP) is 4.12. The summed E-state index contributed by atoms with van der Waals surface area (Å²) in [6.45, 7) is 2.50. The molecule has 0 saturated carbocycles.